The van der Waals surface area contributed by atoms with E-state index < -0.39 is 5.60 Å². The van der Waals surface area contributed by atoms with Crippen molar-refractivity contribution in [3.63, 3.8) is 0 Å². The number of rotatable bonds is 29. The van der Waals surface area contributed by atoms with Gasteiger partial charge in [-0.05, 0) is 33.6 Å². The van der Waals surface area contributed by atoms with Crippen LogP contribution in [-0.4, -0.2) is 117 Å². The van der Waals surface area contributed by atoms with Gasteiger partial charge in [-0.25, -0.2) is 0 Å². The molecule has 0 aromatic carbocycles. The van der Waals surface area contributed by atoms with E-state index in [9.17, 15) is 9.59 Å². The van der Waals surface area contributed by atoms with Gasteiger partial charge in [0.05, 0.1) is 105 Å². The average molecular weight is 581 g/mol. The van der Waals surface area contributed by atoms with Crippen LogP contribution in [0.25, 0.3) is 0 Å². The summed E-state index contributed by atoms with van der Waals surface area (Å²) in [5, 5.41) is 0. The highest BCUT2D eigenvalue weighted by Gasteiger charge is 2.17. The monoisotopic (exact) mass is 580 g/mol. The van der Waals surface area contributed by atoms with E-state index in [1.165, 1.54) is 0 Å². The van der Waals surface area contributed by atoms with Gasteiger partial charge < -0.3 is 42.6 Å². The lowest BCUT2D eigenvalue weighted by molar-refractivity contribution is -0.156. The van der Waals surface area contributed by atoms with Gasteiger partial charge >= 0.3 is 11.9 Å². The highest BCUT2D eigenvalue weighted by Crippen LogP contribution is 2.14. The molecule has 0 spiro atoms. The van der Waals surface area contributed by atoms with Crippen LogP contribution >= 0.6 is 0 Å². The highest BCUT2D eigenvalue weighted by atomic mass is 16.6. The molecule has 0 aliphatic heterocycles. The van der Waals surface area contributed by atoms with E-state index in [0.29, 0.717) is 92.5 Å². The predicted octanol–water partition coefficient (Wildman–Crippen LogP) is 3.59. The van der Waals surface area contributed by atoms with Crippen molar-refractivity contribution >= 4 is 11.9 Å². The highest BCUT2D eigenvalue weighted by molar-refractivity contribution is 5.72. The molecular formula is C29H56O11. The number of hydrogen-bond donors (Lipinski definition) is 0. The maximum atomic E-state index is 12.0. The Hall–Kier alpha value is -1.34. The Morgan fingerprint density at radius 3 is 1.30 bits per heavy atom. The van der Waals surface area contributed by atoms with Gasteiger partial charge in [-0.1, -0.05) is 26.7 Å². The van der Waals surface area contributed by atoms with Crippen LogP contribution < -0.4 is 0 Å². The second-order valence-corrected chi connectivity index (χ2v) is 10.0. The summed E-state index contributed by atoms with van der Waals surface area (Å²) in [7, 11) is 0. The predicted molar refractivity (Wildman–Crippen MR) is 150 cm³/mol. The van der Waals surface area contributed by atoms with Crippen molar-refractivity contribution < 1.29 is 52.2 Å². The number of carbonyl (C=O) groups is 2. The normalized spacial score (nSPS) is 12.4. The molecule has 0 aliphatic carbocycles. The quantitative estimate of drug-likeness (QED) is 0.0954. The number of esters is 2. The molecule has 0 aromatic heterocycles. The Morgan fingerprint density at radius 2 is 0.950 bits per heavy atom. The molecule has 238 valence electrons. The second kappa shape index (κ2) is 27.8. The number of carbonyl (C=O) groups excluding carboxylic acids is 2. The lowest BCUT2D eigenvalue weighted by Gasteiger charge is -2.19. The van der Waals surface area contributed by atoms with Crippen LogP contribution in [0.1, 0.15) is 66.7 Å². The van der Waals surface area contributed by atoms with E-state index in [-0.39, 0.29) is 30.9 Å². The van der Waals surface area contributed by atoms with Crippen LogP contribution in [0.3, 0.4) is 0 Å². The molecule has 0 radical (unpaired) electrons. The summed E-state index contributed by atoms with van der Waals surface area (Å²) in [4.78, 5) is 23.5. The zero-order chi connectivity index (χ0) is 29.7. The summed E-state index contributed by atoms with van der Waals surface area (Å²) in [5.74, 6) is -0.392. The van der Waals surface area contributed by atoms with Crippen molar-refractivity contribution in [2.75, 3.05) is 99.1 Å². The van der Waals surface area contributed by atoms with Gasteiger partial charge in [-0.3, -0.25) is 9.59 Å². The first-order chi connectivity index (χ1) is 19.3. The third kappa shape index (κ3) is 28.2. The molecule has 1 atom stereocenters. The minimum atomic E-state index is -0.472. The summed E-state index contributed by atoms with van der Waals surface area (Å²) in [6, 6.07) is 0. The molecule has 40 heavy (non-hydrogen) atoms. The van der Waals surface area contributed by atoms with Gasteiger partial charge in [-0.2, -0.15) is 0 Å². The molecule has 0 saturated heterocycles. The molecule has 11 heteroatoms. The Morgan fingerprint density at radius 1 is 0.575 bits per heavy atom. The van der Waals surface area contributed by atoms with E-state index >= 15 is 0 Å². The van der Waals surface area contributed by atoms with Gasteiger partial charge in [-0.15, -0.1) is 0 Å². The zero-order valence-electron chi connectivity index (χ0n) is 25.7. The number of unbranched alkanes of at least 4 members (excludes halogenated alkanes) is 1. The van der Waals surface area contributed by atoms with E-state index in [4.69, 9.17) is 42.6 Å². The fourth-order valence-corrected chi connectivity index (χ4v) is 3.23. The fraction of sp³-hybridized carbons (Fsp3) is 0.931. The molecule has 0 saturated carbocycles. The minimum Gasteiger partial charge on any atom is -0.463 e. The van der Waals surface area contributed by atoms with Crippen LogP contribution in [0.2, 0.25) is 0 Å². The van der Waals surface area contributed by atoms with Gasteiger partial charge in [0.1, 0.15) is 12.2 Å². The molecule has 0 fully saturated rings. The molecule has 0 N–H and O–H groups in total. The molecule has 1 unspecified atom stereocenters. The summed E-state index contributed by atoms with van der Waals surface area (Å²) in [6.07, 6.45) is 4.06. The lowest BCUT2D eigenvalue weighted by Crippen LogP contribution is -2.24. The van der Waals surface area contributed by atoms with Crippen LogP contribution in [0.15, 0.2) is 0 Å². The first kappa shape index (κ1) is 38.7. The van der Waals surface area contributed by atoms with Crippen molar-refractivity contribution in [1.29, 1.82) is 0 Å². The zero-order valence-corrected chi connectivity index (χ0v) is 25.7. The van der Waals surface area contributed by atoms with Crippen molar-refractivity contribution in [3.8, 4) is 0 Å². The lowest BCUT2D eigenvalue weighted by atomic mass is 10.00. The maximum Gasteiger partial charge on any atom is 0.308 e. The van der Waals surface area contributed by atoms with Crippen LogP contribution in [0.4, 0.5) is 0 Å². The van der Waals surface area contributed by atoms with Crippen molar-refractivity contribution in [2.24, 2.45) is 5.92 Å². The third-order valence-corrected chi connectivity index (χ3v) is 5.31. The molecule has 11 nitrogen and oxygen atoms in total. The molecule has 0 amide bonds. The Labute approximate surface area is 241 Å². The fourth-order valence-electron chi connectivity index (χ4n) is 3.23. The van der Waals surface area contributed by atoms with Crippen molar-refractivity contribution in [3.05, 3.63) is 0 Å². The van der Waals surface area contributed by atoms with Crippen molar-refractivity contribution in [1.82, 2.24) is 0 Å². The van der Waals surface area contributed by atoms with Gasteiger partial charge in [0.15, 0.2) is 0 Å². The van der Waals surface area contributed by atoms with Crippen LogP contribution in [0, 0.1) is 5.92 Å². The number of ether oxygens (including phenoxy) is 9. The molecule has 0 heterocycles. The summed E-state index contributed by atoms with van der Waals surface area (Å²) < 4.78 is 48.5. The largest absolute Gasteiger partial charge is 0.463 e. The SMILES string of the molecule is CCCCC(CC)C(=O)OCCOCCOCCOCCOCCOCCOCCOCCC(=O)OC(C)(C)C. The first-order valence-corrected chi connectivity index (χ1v) is 14.7. The van der Waals surface area contributed by atoms with Gasteiger partial charge in [0.25, 0.3) is 0 Å². The molecular weight excluding hydrogens is 524 g/mol. The molecule has 0 aliphatic rings. The third-order valence-electron chi connectivity index (χ3n) is 5.31. The van der Waals surface area contributed by atoms with Crippen molar-refractivity contribution in [2.45, 2.75) is 72.3 Å². The molecule has 0 aromatic rings. The van der Waals surface area contributed by atoms with E-state index in [1.54, 1.807) is 0 Å². The maximum absolute atomic E-state index is 12.0. The standard InChI is InChI=1S/C29H56O11/c1-6-8-9-26(7-2)28(31)39-25-24-38-23-22-37-21-20-36-19-18-35-17-16-34-15-14-33-13-12-32-11-10-27(30)40-29(3,4)5/h26H,6-25H2,1-5H3. The van der Waals surface area contributed by atoms with Crippen LogP contribution in [-0.2, 0) is 52.2 Å². The summed E-state index contributed by atoms with van der Waals surface area (Å²) in [6.45, 7) is 16.2. The summed E-state index contributed by atoms with van der Waals surface area (Å²) >= 11 is 0. The van der Waals surface area contributed by atoms with E-state index in [1.807, 2.05) is 27.7 Å². The number of hydrogen-bond acceptors (Lipinski definition) is 11. The van der Waals surface area contributed by atoms with Gasteiger partial charge in [0.2, 0.25) is 0 Å². The van der Waals surface area contributed by atoms with Gasteiger partial charge in [0, 0.05) is 0 Å². The van der Waals surface area contributed by atoms with Crippen LogP contribution in [0.5, 0.6) is 0 Å². The first-order valence-electron chi connectivity index (χ1n) is 14.7. The molecule has 0 bridgehead atoms. The average Bonchev–Trinajstić information content (AvgIpc) is 2.90. The Bertz CT molecular complexity index is 581. The van der Waals surface area contributed by atoms with E-state index in [2.05, 4.69) is 6.92 Å². The smallest absolute Gasteiger partial charge is 0.308 e. The van der Waals surface area contributed by atoms with E-state index in [0.717, 1.165) is 25.7 Å². The Balaban J connectivity index is 3.23. The minimum absolute atomic E-state index is 0.00417. The second-order valence-electron chi connectivity index (χ2n) is 10.0. The molecule has 0 rings (SSSR count). The topological polar surface area (TPSA) is 117 Å². The summed E-state index contributed by atoms with van der Waals surface area (Å²) in [5.41, 5.74) is -0.472. The Kier molecular flexibility index (Phi) is 26.9.